The van der Waals surface area contributed by atoms with Crippen LogP contribution in [0.3, 0.4) is 0 Å². The minimum absolute atomic E-state index is 0.0523. The molecule has 11 heteroatoms. The zero-order chi connectivity index (χ0) is 25.3. The summed E-state index contributed by atoms with van der Waals surface area (Å²) in [5, 5.41) is 1.64. The van der Waals surface area contributed by atoms with Crippen molar-refractivity contribution in [3.8, 4) is 0 Å². The molecule has 8 nitrogen and oxygen atoms in total. The van der Waals surface area contributed by atoms with Crippen LogP contribution < -0.4 is 5.56 Å². The standard InChI is InChI=1S/C25H27ClN4O4S2/c26-18-9-11-20(12-10-18)36(33,34)29-15-13-28(14-16-29)23(31)17-35-25-27-22-8-4-3-7-21(22)24(32)30(25)19-5-1-2-6-19/h3-4,7-12,19H,1-2,5-6,13-17H2. The highest BCUT2D eigenvalue weighted by Gasteiger charge is 2.30. The third-order valence-electron chi connectivity index (χ3n) is 6.83. The second-order valence-electron chi connectivity index (χ2n) is 9.05. The Kier molecular flexibility index (Phi) is 7.39. The molecule has 190 valence electrons. The van der Waals surface area contributed by atoms with E-state index in [0.717, 1.165) is 25.7 Å². The molecule has 1 saturated heterocycles. The quantitative estimate of drug-likeness (QED) is 0.345. The number of hydrogen-bond acceptors (Lipinski definition) is 6. The van der Waals surface area contributed by atoms with Crippen molar-refractivity contribution in [1.29, 1.82) is 0 Å². The fourth-order valence-electron chi connectivity index (χ4n) is 4.86. The van der Waals surface area contributed by atoms with Crippen molar-refractivity contribution < 1.29 is 13.2 Å². The number of carbonyl (C=O) groups is 1. The first kappa shape index (κ1) is 25.3. The number of thioether (sulfide) groups is 1. The van der Waals surface area contributed by atoms with Gasteiger partial charge in [-0.25, -0.2) is 13.4 Å². The third kappa shape index (κ3) is 5.04. The number of halogens is 1. The molecule has 1 saturated carbocycles. The molecule has 36 heavy (non-hydrogen) atoms. The van der Waals surface area contributed by atoms with E-state index >= 15 is 0 Å². The molecular formula is C25H27ClN4O4S2. The predicted octanol–water partition coefficient (Wildman–Crippen LogP) is 3.79. The number of benzene rings is 2. The van der Waals surface area contributed by atoms with Crippen molar-refractivity contribution in [2.75, 3.05) is 31.9 Å². The summed E-state index contributed by atoms with van der Waals surface area (Å²) in [4.78, 5) is 32.9. The molecule has 0 bridgehead atoms. The Morgan fingerprint density at radius 1 is 1.00 bits per heavy atom. The second kappa shape index (κ2) is 10.5. The summed E-state index contributed by atoms with van der Waals surface area (Å²) in [6.07, 6.45) is 4.03. The van der Waals surface area contributed by atoms with Crippen molar-refractivity contribution in [3.05, 3.63) is 63.9 Å². The molecule has 2 heterocycles. The van der Waals surface area contributed by atoms with Gasteiger partial charge in [0, 0.05) is 37.2 Å². The van der Waals surface area contributed by atoms with Gasteiger partial charge in [-0.3, -0.25) is 14.2 Å². The number of hydrogen-bond donors (Lipinski definition) is 0. The first-order valence-corrected chi connectivity index (χ1v) is 14.8. The first-order valence-electron chi connectivity index (χ1n) is 12.0. The molecule has 2 aromatic carbocycles. The Hall–Kier alpha value is -2.40. The summed E-state index contributed by atoms with van der Waals surface area (Å²) in [7, 11) is -3.64. The van der Waals surface area contributed by atoms with Crippen LogP contribution in [0.1, 0.15) is 31.7 Å². The van der Waals surface area contributed by atoms with Crippen LogP contribution >= 0.6 is 23.4 Å². The van der Waals surface area contributed by atoms with Gasteiger partial charge in [0.05, 0.1) is 21.6 Å². The average Bonchev–Trinajstić information content (AvgIpc) is 3.42. The average molecular weight is 547 g/mol. The van der Waals surface area contributed by atoms with Crippen LogP contribution in [-0.2, 0) is 14.8 Å². The number of para-hydroxylation sites is 1. The number of sulfonamides is 1. The number of nitrogens with zero attached hydrogens (tertiary/aromatic N) is 4. The van der Waals surface area contributed by atoms with E-state index in [9.17, 15) is 18.0 Å². The number of fused-ring (bicyclic) bond motifs is 1. The van der Waals surface area contributed by atoms with E-state index in [4.69, 9.17) is 16.6 Å². The maximum absolute atomic E-state index is 13.3. The summed E-state index contributed by atoms with van der Waals surface area (Å²) in [5.74, 6) is 0.0467. The maximum atomic E-state index is 13.3. The largest absolute Gasteiger partial charge is 0.339 e. The fourth-order valence-corrected chi connectivity index (χ4v) is 7.38. The van der Waals surface area contributed by atoms with E-state index in [1.54, 1.807) is 27.7 Å². The van der Waals surface area contributed by atoms with Gasteiger partial charge in [0.2, 0.25) is 15.9 Å². The molecule has 3 aromatic rings. The highest BCUT2D eigenvalue weighted by molar-refractivity contribution is 7.99. The van der Waals surface area contributed by atoms with Gasteiger partial charge in [-0.2, -0.15) is 4.31 Å². The van der Waals surface area contributed by atoms with Gasteiger partial charge in [0.25, 0.3) is 5.56 Å². The second-order valence-corrected chi connectivity index (χ2v) is 12.4. The predicted molar refractivity (Wildman–Crippen MR) is 141 cm³/mol. The summed E-state index contributed by atoms with van der Waals surface area (Å²) in [6, 6.07) is 13.5. The molecule has 2 fully saturated rings. The molecule has 1 amide bonds. The van der Waals surface area contributed by atoms with Crippen molar-refractivity contribution in [3.63, 3.8) is 0 Å². The Morgan fingerprint density at radius 3 is 2.36 bits per heavy atom. The molecule has 0 radical (unpaired) electrons. The summed E-state index contributed by atoms with van der Waals surface area (Å²) >= 11 is 7.17. The molecule has 0 spiro atoms. The van der Waals surface area contributed by atoms with Crippen molar-refractivity contribution in [1.82, 2.24) is 18.8 Å². The van der Waals surface area contributed by atoms with E-state index in [1.807, 2.05) is 18.2 Å². The number of piperazine rings is 1. The van der Waals surface area contributed by atoms with Crippen LogP contribution in [0.25, 0.3) is 10.9 Å². The van der Waals surface area contributed by atoms with Crippen LogP contribution in [0.15, 0.2) is 63.4 Å². The highest BCUT2D eigenvalue weighted by atomic mass is 35.5. The van der Waals surface area contributed by atoms with Crippen LogP contribution in [-0.4, -0.2) is 65.0 Å². The lowest BCUT2D eigenvalue weighted by Gasteiger charge is -2.34. The maximum Gasteiger partial charge on any atom is 0.262 e. The summed E-state index contributed by atoms with van der Waals surface area (Å²) < 4.78 is 29.0. The number of carbonyl (C=O) groups excluding carboxylic acids is 1. The fraction of sp³-hybridized carbons (Fsp3) is 0.400. The lowest BCUT2D eigenvalue weighted by Crippen LogP contribution is -2.51. The van der Waals surface area contributed by atoms with Gasteiger partial charge in [-0.15, -0.1) is 0 Å². The lowest BCUT2D eigenvalue weighted by atomic mass is 10.2. The molecule has 0 unspecified atom stereocenters. The van der Waals surface area contributed by atoms with Gasteiger partial charge in [-0.1, -0.05) is 48.3 Å². The minimum atomic E-state index is -3.64. The van der Waals surface area contributed by atoms with Crippen molar-refractivity contribution in [2.24, 2.45) is 0 Å². The third-order valence-corrected chi connectivity index (χ3v) is 9.94. The SMILES string of the molecule is O=C(CSc1nc2ccccc2c(=O)n1C1CCCC1)N1CCN(S(=O)(=O)c2ccc(Cl)cc2)CC1. The topological polar surface area (TPSA) is 92.6 Å². The zero-order valence-electron chi connectivity index (χ0n) is 19.7. The minimum Gasteiger partial charge on any atom is -0.339 e. The van der Waals surface area contributed by atoms with Gasteiger partial charge in [0.1, 0.15) is 0 Å². The van der Waals surface area contributed by atoms with Crippen molar-refractivity contribution in [2.45, 2.75) is 41.8 Å². The van der Waals surface area contributed by atoms with Crippen LogP contribution in [0.5, 0.6) is 0 Å². The van der Waals surface area contributed by atoms with Crippen molar-refractivity contribution >= 4 is 50.2 Å². The van der Waals surface area contributed by atoms with Gasteiger partial charge in [-0.05, 0) is 49.2 Å². The van der Waals surface area contributed by atoms with Crippen LogP contribution in [0, 0.1) is 0 Å². The van der Waals surface area contributed by atoms with E-state index in [-0.39, 0.29) is 41.2 Å². The Morgan fingerprint density at radius 2 is 1.67 bits per heavy atom. The zero-order valence-corrected chi connectivity index (χ0v) is 22.1. The van der Waals surface area contributed by atoms with Gasteiger partial charge < -0.3 is 4.90 Å². The number of aromatic nitrogens is 2. The molecule has 1 aromatic heterocycles. The highest BCUT2D eigenvalue weighted by Crippen LogP contribution is 2.32. The summed E-state index contributed by atoms with van der Waals surface area (Å²) in [6.45, 7) is 1.07. The normalized spacial score (nSPS) is 17.6. The number of rotatable bonds is 6. The summed E-state index contributed by atoms with van der Waals surface area (Å²) in [5.41, 5.74) is 0.580. The molecule has 0 atom stereocenters. The first-order chi connectivity index (χ1) is 17.3. The van der Waals surface area contributed by atoms with E-state index < -0.39 is 10.0 Å². The van der Waals surface area contributed by atoms with E-state index in [0.29, 0.717) is 34.2 Å². The Bertz CT molecular complexity index is 1430. The molecule has 1 aliphatic heterocycles. The Balaban J connectivity index is 1.27. The molecule has 2 aliphatic rings. The van der Waals surface area contributed by atoms with Crippen LogP contribution in [0.2, 0.25) is 5.02 Å². The van der Waals surface area contributed by atoms with Gasteiger partial charge in [0.15, 0.2) is 5.16 Å². The van der Waals surface area contributed by atoms with Gasteiger partial charge >= 0.3 is 0 Å². The number of amides is 1. The Labute approximate surface area is 219 Å². The molecular weight excluding hydrogens is 520 g/mol. The lowest BCUT2D eigenvalue weighted by molar-refractivity contribution is -0.129. The molecule has 5 rings (SSSR count). The monoisotopic (exact) mass is 546 g/mol. The smallest absolute Gasteiger partial charge is 0.262 e. The molecule has 0 N–H and O–H groups in total. The van der Waals surface area contributed by atoms with E-state index in [1.165, 1.54) is 28.2 Å². The van der Waals surface area contributed by atoms with Crippen LogP contribution in [0.4, 0.5) is 0 Å². The van der Waals surface area contributed by atoms with E-state index in [2.05, 4.69) is 0 Å². The molecule has 1 aliphatic carbocycles.